The molecular formula is C15H28N2O3. The summed E-state index contributed by atoms with van der Waals surface area (Å²) in [5.41, 5.74) is -0.691. The average molecular weight is 284 g/mol. The van der Waals surface area contributed by atoms with Gasteiger partial charge in [-0.3, -0.25) is 0 Å². The Bertz CT molecular complexity index is 366. The predicted octanol–water partition coefficient (Wildman–Crippen LogP) is 2.15. The van der Waals surface area contributed by atoms with E-state index in [1.165, 1.54) is 0 Å². The molecule has 1 amide bonds. The Morgan fingerprint density at radius 3 is 2.30 bits per heavy atom. The standard InChI is InChI=1S/C15H28N2O3/c1-13(2,3)19-12(18)17-8-6-15(7-9-17)11-16-10-14(4,5)20-15/h16H,6-11H2,1-5H3. The van der Waals surface area contributed by atoms with E-state index in [4.69, 9.17) is 9.47 Å². The molecule has 2 aliphatic rings. The van der Waals surface area contributed by atoms with Crippen LogP contribution >= 0.6 is 0 Å². The quantitative estimate of drug-likeness (QED) is 0.740. The van der Waals surface area contributed by atoms with Crippen LogP contribution in [0.15, 0.2) is 0 Å². The minimum Gasteiger partial charge on any atom is -0.444 e. The maximum Gasteiger partial charge on any atom is 0.410 e. The third-order valence-corrected chi connectivity index (χ3v) is 3.82. The van der Waals surface area contributed by atoms with Crippen molar-refractivity contribution in [1.82, 2.24) is 10.2 Å². The molecule has 1 spiro atoms. The third kappa shape index (κ3) is 3.85. The summed E-state index contributed by atoms with van der Waals surface area (Å²) in [6.45, 7) is 13.1. The van der Waals surface area contributed by atoms with Crippen LogP contribution in [-0.2, 0) is 9.47 Å². The number of hydrogen-bond acceptors (Lipinski definition) is 4. The van der Waals surface area contributed by atoms with Crippen LogP contribution in [0.4, 0.5) is 4.79 Å². The summed E-state index contributed by atoms with van der Waals surface area (Å²) in [7, 11) is 0. The highest BCUT2D eigenvalue weighted by Gasteiger charge is 2.44. The molecule has 5 heteroatoms. The van der Waals surface area contributed by atoms with Crippen LogP contribution in [0.2, 0.25) is 0 Å². The van der Waals surface area contributed by atoms with E-state index >= 15 is 0 Å². The van der Waals surface area contributed by atoms with Crippen molar-refractivity contribution in [1.29, 1.82) is 0 Å². The Labute approximate surface area is 122 Å². The van der Waals surface area contributed by atoms with Crippen molar-refractivity contribution in [3.8, 4) is 0 Å². The Morgan fingerprint density at radius 2 is 1.80 bits per heavy atom. The van der Waals surface area contributed by atoms with Gasteiger partial charge in [-0.2, -0.15) is 0 Å². The first-order chi connectivity index (χ1) is 9.11. The monoisotopic (exact) mass is 284 g/mol. The fraction of sp³-hybridized carbons (Fsp3) is 0.933. The second-order valence-corrected chi connectivity index (χ2v) is 7.62. The van der Waals surface area contributed by atoms with E-state index in [9.17, 15) is 4.79 Å². The third-order valence-electron chi connectivity index (χ3n) is 3.82. The first-order valence-corrected chi connectivity index (χ1v) is 7.50. The Morgan fingerprint density at radius 1 is 1.20 bits per heavy atom. The Hall–Kier alpha value is -0.810. The second-order valence-electron chi connectivity index (χ2n) is 7.62. The van der Waals surface area contributed by atoms with E-state index in [0.29, 0.717) is 13.1 Å². The largest absolute Gasteiger partial charge is 0.444 e. The molecule has 5 nitrogen and oxygen atoms in total. The SMILES string of the molecule is CC(C)(C)OC(=O)N1CCC2(CC1)CNCC(C)(C)O2. The maximum atomic E-state index is 12.1. The second kappa shape index (κ2) is 5.19. The average Bonchev–Trinajstić information content (AvgIpc) is 2.25. The van der Waals surface area contributed by atoms with E-state index in [1.54, 1.807) is 4.90 Å². The zero-order valence-electron chi connectivity index (χ0n) is 13.4. The van der Waals surface area contributed by atoms with Gasteiger partial charge in [-0.25, -0.2) is 4.79 Å². The molecule has 0 bridgehead atoms. The van der Waals surface area contributed by atoms with Crippen molar-refractivity contribution >= 4 is 6.09 Å². The van der Waals surface area contributed by atoms with Crippen LogP contribution in [0, 0.1) is 0 Å². The van der Waals surface area contributed by atoms with E-state index in [1.807, 2.05) is 20.8 Å². The molecule has 0 atom stereocenters. The number of nitrogens with zero attached hydrogens (tertiary/aromatic N) is 1. The minimum absolute atomic E-state index is 0.125. The van der Waals surface area contributed by atoms with Gasteiger partial charge in [-0.15, -0.1) is 0 Å². The van der Waals surface area contributed by atoms with Gasteiger partial charge < -0.3 is 19.7 Å². The fourth-order valence-corrected chi connectivity index (χ4v) is 2.95. The molecule has 0 saturated carbocycles. The van der Waals surface area contributed by atoms with Crippen molar-refractivity contribution < 1.29 is 14.3 Å². The number of rotatable bonds is 0. The maximum absolute atomic E-state index is 12.1. The molecule has 2 fully saturated rings. The zero-order valence-corrected chi connectivity index (χ0v) is 13.4. The number of morpholine rings is 1. The summed E-state index contributed by atoms with van der Waals surface area (Å²) in [5, 5.41) is 3.46. The van der Waals surface area contributed by atoms with E-state index < -0.39 is 5.60 Å². The van der Waals surface area contributed by atoms with Crippen molar-refractivity contribution in [2.45, 2.75) is 64.3 Å². The molecule has 116 valence electrons. The summed E-state index contributed by atoms with van der Waals surface area (Å²) in [4.78, 5) is 13.9. The lowest BCUT2D eigenvalue weighted by Crippen LogP contribution is -2.62. The predicted molar refractivity (Wildman–Crippen MR) is 77.8 cm³/mol. The highest BCUT2D eigenvalue weighted by molar-refractivity contribution is 5.68. The molecule has 20 heavy (non-hydrogen) atoms. The van der Waals surface area contributed by atoms with Crippen molar-refractivity contribution in [2.24, 2.45) is 0 Å². The Kier molecular flexibility index (Phi) is 4.04. The van der Waals surface area contributed by atoms with Gasteiger partial charge >= 0.3 is 6.09 Å². The number of amides is 1. The lowest BCUT2D eigenvalue weighted by Gasteiger charge is -2.49. The molecule has 0 aromatic carbocycles. The van der Waals surface area contributed by atoms with Gasteiger partial charge in [0.1, 0.15) is 5.60 Å². The minimum atomic E-state index is -0.433. The lowest BCUT2D eigenvalue weighted by atomic mass is 9.88. The number of hydrogen-bond donors (Lipinski definition) is 1. The van der Waals surface area contributed by atoms with Crippen LogP contribution < -0.4 is 5.32 Å². The summed E-state index contributed by atoms with van der Waals surface area (Å²) in [6.07, 6.45) is 1.51. The molecule has 2 aliphatic heterocycles. The van der Waals surface area contributed by atoms with Gasteiger partial charge in [0, 0.05) is 26.2 Å². The molecule has 0 aromatic rings. The number of piperidine rings is 1. The van der Waals surface area contributed by atoms with Crippen molar-refractivity contribution in [3.63, 3.8) is 0 Å². The van der Waals surface area contributed by atoms with Gasteiger partial charge in [0.05, 0.1) is 11.2 Å². The number of likely N-dealkylation sites (tertiary alicyclic amines) is 1. The molecular weight excluding hydrogens is 256 g/mol. The summed E-state index contributed by atoms with van der Waals surface area (Å²) < 4.78 is 11.7. The Balaban J connectivity index is 1.90. The first-order valence-electron chi connectivity index (χ1n) is 7.50. The van der Waals surface area contributed by atoms with Gasteiger partial charge in [-0.1, -0.05) is 0 Å². The van der Waals surface area contributed by atoms with Gasteiger partial charge in [0.15, 0.2) is 0 Å². The van der Waals surface area contributed by atoms with Gasteiger partial charge in [0.2, 0.25) is 0 Å². The number of ether oxygens (including phenoxy) is 2. The summed E-state index contributed by atoms with van der Waals surface area (Å²) in [6, 6.07) is 0. The summed E-state index contributed by atoms with van der Waals surface area (Å²) in [5.74, 6) is 0. The first kappa shape index (κ1) is 15.6. The highest BCUT2D eigenvalue weighted by atomic mass is 16.6. The van der Waals surface area contributed by atoms with Crippen LogP contribution in [-0.4, -0.2) is 54.0 Å². The fourth-order valence-electron chi connectivity index (χ4n) is 2.95. The molecule has 2 saturated heterocycles. The zero-order chi connectivity index (χ0) is 15.0. The lowest BCUT2D eigenvalue weighted by molar-refractivity contribution is -0.179. The molecule has 2 heterocycles. The molecule has 0 unspecified atom stereocenters. The van der Waals surface area contributed by atoms with Crippen LogP contribution in [0.25, 0.3) is 0 Å². The highest BCUT2D eigenvalue weighted by Crippen LogP contribution is 2.33. The number of carbonyl (C=O) groups is 1. The smallest absolute Gasteiger partial charge is 0.410 e. The topological polar surface area (TPSA) is 50.8 Å². The van der Waals surface area contributed by atoms with Crippen LogP contribution in [0.5, 0.6) is 0 Å². The molecule has 0 aromatic heterocycles. The number of nitrogens with one attached hydrogen (secondary N) is 1. The van der Waals surface area contributed by atoms with Crippen LogP contribution in [0.1, 0.15) is 47.5 Å². The molecule has 1 N–H and O–H groups in total. The van der Waals surface area contributed by atoms with Crippen molar-refractivity contribution in [3.05, 3.63) is 0 Å². The van der Waals surface area contributed by atoms with E-state index in [2.05, 4.69) is 19.2 Å². The van der Waals surface area contributed by atoms with Crippen molar-refractivity contribution in [2.75, 3.05) is 26.2 Å². The number of carbonyl (C=O) groups excluding carboxylic acids is 1. The van der Waals surface area contributed by atoms with E-state index in [-0.39, 0.29) is 17.3 Å². The normalized spacial score (nSPS) is 25.6. The molecule has 2 rings (SSSR count). The molecule has 0 radical (unpaired) electrons. The van der Waals surface area contributed by atoms with Gasteiger partial charge in [-0.05, 0) is 47.5 Å². The molecule has 0 aliphatic carbocycles. The summed E-state index contributed by atoms with van der Waals surface area (Å²) >= 11 is 0. The van der Waals surface area contributed by atoms with Gasteiger partial charge in [0.25, 0.3) is 0 Å². The van der Waals surface area contributed by atoms with E-state index in [0.717, 1.165) is 25.9 Å². The van der Waals surface area contributed by atoms with Crippen LogP contribution in [0.3, 0.4) is 0 Å².